The molecular weight excluding hydrogens is 286 g/mol. The summed E-state index contributed by atoms with van der Waals surface area (Å²) in [5, 5.41) is 10.3. The van der Waals surface area contributed by atoms with Gasteiger partial charge in [0.25, 0.3) is 0 Å². The third-order valence-electron chi connectivity index (χ3n) is 2.03. The van der Waals surface area contributed by atoms with E-state index in [1.165, 1.54) is 20.3 Å². The third kappa shape index (κ3) is 3.24. The van der Waals surface area contributed by atoms with Gasteiger partial charge < -0.3 is 14.2 Å². The second-order valence-electron chi connectivity index (χ2n) is 3.00. The molecule has 1 rings (SSSR count). The highest BCUT2D eigenvalue weighted by Gasteiger charge is 2.27. The van der Waals surface area contributed by atoms with Crippen molar-refractivity contribution < 1.29 is 18.7 Å². The Kier molecular flexibility index (Phi) is 5.04. The number of aliphatic hydroxyl groups is 1. The zero-order chi connectivity index (χ0) is 13.1. The lowest BCUT2D eigenvalue weighted by Gasteiger charge is -2.12. The van der Waals surface area contributed by atoms with Crippen molar-refractivity contribution in [3.63, 3.8) is 0 Å². The van der Waals surface area contributed by atoms with Gasteiger partial charge in [0.05, 0.1) is 0 Å². The first-order chi connectivity index (χ1) is 7.94. The monoisotopic (exact) mass is 296 g/mol. The summed E-state index contributed by atoms with van der Waals surface area (Å²) in [6.07, 6.45) is 1.17. The van der Waals surface area contributed by atoms with E-state index in [-0.39, 0.29) is 0 Å². The lowest BCUT2D eigenvalue weighted by Crippen LogP contribution is -1.92. The van der Waals surface area contributed by atoms with E-state index in [0.29, 0.717) is 15.6 Å². The minimum Gasteiger partial charge on any atom is -0.501 e. The Hall–Kier alpha value is -0.510. The van der Waals surface area contributed by atoms with Gasteiger partial charge in [-0.05, 0) is 18.2 Å². The largest absolute Gasteiger partial charge is 0.501 e. The van der Waals surface area contributed by atoms with Crippen LogP contribution < -0.4 is 0 Å². The second kappa shape index (κ2) is 5.89. The molecular formula is C10H11Cl2O4P. The molecule has 4 nitrogen and oxygen atoms in total. The second-order valence-corrected chi connectivity index (χ2v) is 6.00. The van der Waals surface area contributed by atoms with Crippen molar-refractivity contribution in [2.45, 2.75) is 0 Å². The molecule has 0 unspecified atom stereocenters. The van der Waals surface area contributed by atoms with Gasteiger partial charge in [-0.15, -0.1) is 0 Å². The number of halogens is 2. The van der Waals surface area contributed by atoms with E-state index >= 15 is 0 Å². The molecule has 0 radical (unpaired) electrons. The van der Waals surface area contributed by atoms with Gasteiger partial charge in [0.1, 0.15) is 0 Å². The fraction of sp³-hybridized carbons (Fsp3) is 0.200. The molecule has 0 spiro atoms. The van der Waals surface area contributed by atoms with Crippen LogP contribution in [-0.4, -0.2) is 19.3 Å². The Bertz CT molecular complexity index is 459. The van der Waals surface area contributed by atoms with Gasteiger partial charge in [0, 0.05) is 29.8 Å². The smallest absolute Gasteiger partial charge is 0.394 e. The molecule has 0 aliphatic rings. The molecule has 0 amide bonds. The topological polar surface area (TPSA) is 55.8 Å². The van der Waals surface area contributed by atoms with E-state index in [9.17, 15) is 9.67 Å². The highest BCUT2D eigenvalue weighted by atomic mass is 35.5. The summed E-state index contributed by atoms with van der Waals surface area (Å²) in [6, 6.07) is 4.85. The van der Waals surface area contributed by atoms with E-state index < -0.39 is 13.1 Å². The standard InChI is InChI=1S/C10H11Cl2O4P/c1-15-17(14,16-2)10(13)6-7-8(11)4-3-5-9(7)12/h3-6,13H,1-2H3. The van der Waals surface area contributed by atoms with Crippen molar-refractivity contribution in [1.82, 2.24) is 0 Å². The van der Waals surface area contributed by atoms with Gasteiger partial charge >= 0.3 is 7.60 Å². The Morgan fingerprint density at radius 1 is 1.29 bits per heavy atom. The van der Waals surface area contributed by atoms with Crippen LogP contribution in [-0.2, 0) is 13.6 Å². The molecule has 0 saturated carbocycles. The zero-order valence-electron chi connectivity index (χ0n) is 9.18. The minimum absolute atomic E-state index is 0.322. The Morgan fingerprint density at radius 2 is 1.76 bits per heavy atom. The van der Waals surface area contributed by atoms with Crippen molar-refractivity contribution in [2.24, 2.45) is 0 Å². The van der Waals surface area contributed by atoms with Crippen LogP contribution in [0, 0.1) is 0 Å². The molecule has 17 heavy (non-hydrogen) atoms. The van der Waals surface area contributed by atoms with E-state index in [0.717, 1.165) is 0 Å². The predicted octanol–water partition coefficient (Wildman–Crippen LogP) is 4.34. The summed E-state index contributed by atoms with van der Waals surface area (Å²) >= 11 is 11.8. The van der Waals surface area contributed by atoms with E-state index in [2.05, 4.69) is 9.05 Å². The number of hydrogen-bond acceptors (Lipinski definition) is 4. The summed E-state index contributed by atoms with van der Waals surface area (Å²) < 4.78 is 21.1. The normalized spacial score (nSPS) is 12.8. The van der Waals surface area contributed by atoms with Crippen LogP contribution in [0.25, 0.3) is 6.08 Å². The van der Waals surface area contributed by atoms with Gasteiger partial charge in [-0.25, -0.2) is 0 Å². The van der Waals surface area contributed by atoms with Crippen LogP contribution in [0.5, 0.6) is 0 Å². The number of aliphatic hydroxyl groups excluding tert-OH is 1. The highest BCUT2D eigenvalue weighted by molar-refractivity contribution is 7.58. The van der Waals surface area contributed by atoms with Crippen LogP contribution in [0.15, 0.2) is 23.7 Å². The molecule has 7 heteroatoms. The highest BCUT2D eigenvalue weighted by Crippen LogP contribution is 2.54. The molecule has 0 heterocycles. The summed E-state index contributed by atoms with van der Waals surface area (Å²) in [6.45, 7) is 0. The zero-order valence-corrected chi connectivity index (χ0v) is 11.6. The maximum Gasteiger partial charge on any atom is 0.394 e. The van der Waals surface area contributed by atoms with Crippen LogP contribution >= 0.6 is 30.8 Å². The maximum absolute atomic E-state index is 11.8. The first-order valence-corrected chi connectivity index (χ1v) is 6.81. The van der Waals surface area contributed by atoms with Crippen molar-refractivity contribution in [3.8, 4) is 0 Å². The molecule has 0 aromatic heterocycles. The molecule has 0 saturated heterocycles. The molecule has 0 aliphatic carbocycles. The summed E-state index contributed by atoms with van der Waals surface area (Å²) in [5.41, 5.74) is -0.208. The average Bonchev–Trinajstić information content (AvgIpc) is 2.32. The SMILES string of the molecule is COP(=O)(OC)C(O)=Cc1c(Cl)cccc1Cl. The van der Waals surface area contributed by atoms with Gasteiger partial charge in [0.15, 0.2) is 0 Å². The van der Waals surface area contributed by atoms with Gasteiger partial charge in [0.2, 0.25) is 5.50 Å². The number of benzene rings is 1. The Morgan fingerprint density at radius 3 is 2.18 bits per heavy atom. The lowest BCUT2D eigenvalue weighted by atomic mass is 10.2. The van der Waals surface area contributed by atoms with Gasteiger partial charge in [-0.1, -0.05) is 29.3 Å². The van der Waals surface area contributed by atoms with Crippen molar-refractivity contribution in [2.75, 3.05) is 14.2 Å². The van der Waals surface area contributed by atoms with Crippen LogP contribution in [0.2, 0.25) is 10.0 Å². The number of hydrogen-bond donors (Lipinski definition) is 1. The Labute approximate surface area is 109 Å². The maximum atomic E-state index is 11.8. The summed E-state index contributed by atoms with van der Waals surface area (Å²) in [5.74, 6) is 0. The number of rotatable bonds is 4. The van der Waals surface area contributed by atoms with Gasteiger partial charge in [-0.2, -0.15) is 0 Å². The Balaban J connectivity index is 3.24. The fourth-order valence-electron chi connectivity index (χ4n) is 1.12. The molecule has 0 atom stereocenters. The fourth-order valence-corrected chi connectivity index (χ4v) is 2.44. The first kappa shape index (κ1) is 14.6. The van der Waals surface area contributed by atoms with Crippen LogP contribution in [0.3, 0.4) is 0 Å². The van der Waals surface area contributed by atoms with Crippen molar-refractivity contribution in [3.05, 3.63) is 39.3 Å². The third-order valence-corrected chi connectivity index (χ3v) is 4.35. The minimum atomic E-state index is -3.68. The lowest BCUT2D eigenvalue weighted by molar-refractivity contribution is 0.262. The van der Waals surface area contributed by atoms with E-state index in [1.807, 2.05) is 0 Å². The molecule has 0 aliphatic heterocycles. The molecule has 94 valence electrons. The molecule has 0 fully saturated rings. The quantitative estimate of drug-likeness (QED) is 0.663. The first-order valence-electron chi connectivity index (χ1n) is 4.51. The molecule has 1 aromatic rings. The molecule has 1 N–H and O–H groups in total. The van der Waals surface area contributed by atoms with E-state index in [1.54, 1.807) is 18.2 Å². The predicted molar refractivity (Wildman–Crippen MR) is 68.7 cm³/mol. The molecule has 1 aromatic carbocycles. The van der Waals surface area contributed by atoms with Crippen molar-refractivity contribution >= 4 is 36.9 Å². The van der Waals surface area contributed by atoms with Crippen LogP contribution in [0.4, 0.5) is 0 Å². The van der Waals surface area contributed by atoms with E-state index in [4.69, 9.17) is 23.2 Å². The van der Waals surface area contributed by atoms with Crippen molar-refractivity contribution in [1.29, 1.82) is 0 Å². The average molecular weight is 297 g/mol. The molecule has 0 bridgehead atoms. The van der Waals surface area contributed by atoms with Gasteiger partial charge in [-0.3, -0.25) is 4.57 Å². The van der Waals surface area contributed by atoms with Crippen LogP contribution in [0.1, 0.15) is 5.56 Å². The summed E-state index contributed by atoms with van der Waals surface area (Å²) in [4.78, 5) is 0. The summed E-state index contributed by atoms with van der Waals surface area (Å²) in [7, 11) is -1.34.